The van der Waals surface area contributed by atoms with Gasteiger partial charge in [0.1, 0.15) is 11.5 Å². The molecule has 2 aromatic rings. The van der Waals surface area contributed by atoms with Gasteiger partial charge >= 0.3 is 0 Å². The lowest BCUT2D eigenvalue weighted by atomic mass is 10.2. The Bertz CT molecular complexity index is 504. The van der Waals surface area contributed by atoms with E-state index in [9.17, 15) is 10.2 Å². The minimum Gasteiger partial charge on any atom is -0.508 e. The van der Waals surface area contributed by atoms with Gasteiger partial charge in [0.15, 0.2) is 0 Å². The molecule has 90 valence electrons. The van der Waals surface area contributed by atoms with Crippen LogP contribution in [0.5, 0.6) is 11.5 Å². The maximum atomic E-state index is 9.36. The first-order valence-electron chi connectivity index (χ1n) is 5.18. The Labute approximate surface area is 98.1 Å². The fourth-order valence-electron chi connectivity index (χ4n) is 1.35. The normalized spacial score (nSPS) is 10.5. The number of rotatable bonds is 3. The van der Waals surface area contributed by atoms with Gasteiger partial charge in [-0.15, -0.1) is 0 Å². The Morgan fingerprint density at radius 3 is 2.47 bits per heavy atom. The van der Waals surface area contributed by atoms with Crippen molar-refractivity contribution in [2.75, 3.05) is 18.5 Å². The number of phenols is 2. The van der Waals surface area contributed by atoms with Crippen molar-refractivity contribution >= 4 is 5.95 Å². The molecule has 0 aliphatic heterocycles. The minimum atomic E-state index is -0.0522. The first-order valence-corrected chi connectivity index (χ1v) is 5.18. The predicted molar refractivity (Wildman–Crippen MR) is 62.0 cm³/mol. The highest BCUT2D eigenvalue weighted by Crippen LogP contribution is 2.28. The maximum Gasteiger partial charge on any atom is 0.266 e. The third kappa shape index (κ3) is 2.30. The van der Waals surface area contributed by atoms with Crippen molar-refractivity contribution in [2.45, 2.75) is 6.92 Å². The van der Waals surface area contributed by atoms with Gasteiger partial charge in [0.05, 0.1) is 0 Å². The number of hydrogen-bond acceptors (Lipinski definition) is 6. The van der Waals surface area contributed by atoms with E-state index in [0.29, 0.717) is 11.5 Å². The monoisotopic (exact) mass is 235 g/mol. The zero-order valence-electron chi connectivity index (χ0n) is 9.58. The van der Waals surface area contributed by atoms with Crippen molar-refractivity contribution in [2.24, 2.45) is 0 Å². The number of aromatic nitrogens is 2. The largest absolute Gasteiger partial charge is 0.508 e. The lowest BCUT2D eigenvalue weighted by Crippen LogP contribution is -2.16. The molecule has 0 radical (unpaired) electrons. The molecule has 0 aliphatic rings. The molecule has 0 saturated carbocycles. The van der Waals surface area contributed by atoms with Crippen molar-refractivity contribution in [1.82, 2.24) is 10.1 Å². The van der Waals surface area contributed by atoms with Gasteiger partial charge in [-0.05, 0) is 24.2 Å². The van der Waals surface area contributed by atoms with Gasteiger partial charge in [-0.25, -0.2) is 0 Å². The van der Waals surface area contributed by atoms with Crippen LogP contribution >= 0.6 is 0 Å². The first-order chi connectivity index (χ1) is 8.10. The predicted octanol–water partition coefficient (Wildman–Crippen LogP) is 1.60. The second-order valence-electron chi connectivity index (χ2n) is 3.65. The summed E-state index contributed by atoms with van der Waals surface area (Å²) in [6.07, 6.45) is 0. The standard InChI is InChI=1S/C11H13N3O3/c1-3-14(2)11-12-10(17-13-11)7-4-8(15)6-9(16)5-7/h4-6,15-16H,3H2,1-2H3. The van der Waals surface area contributed by atoms with Crippen LogP contribution in [0.3, 0.4) is 0 Å². The van der Waals surface area contributed by atoms with Gasteiger partial charge in [-0.3, -0.25) is 0 Å². The molecule has 2 N–H and O–H groups in total. The first kappa shape index (κ1) is 11.3. The molecule has 6 nitrogen and oxygen atoms in total. The summed E-state index contributed by atoms with van der Waals surface area (Å²) in [6.45, 7) is 2.72. The molecule has 1 aromatic carbocycles. The Morgan fingerprint density at radius 2 is 1.88 bits per heavy atom. The van der Waals surface area contributed by atoms with E-state index in [0.717, 1.165) is 6.54 Å². The van der Waals surface area contributed by atoms with E-state index in [2.05, 4.69) is 10.1 Å². The molecule has 2 rings (SSSR count). The van der Waals surface area contributed by atoms with Crippen molar-refractivity contribution < 1.29 is 14.7 Å². The maximum absolute atomic E-state index is 9.36. The summed E-state index contributed by atoms with van der Waals surface area (Å²) in [5.41, 5.74) is 0.478. The number of hydrogen-bond donors (Lipinski definition) is 2. The molecule has 0 aliphatic carbocycles. The third-order valence-electron chi connectivity index (χ3n) is 2.38. The van der Waals surface area contributed by atoms with Gasteiger partial charge in [0.2, 0.25) is 0 Å². The SMILES string of the molecule is CCN(C)c1noc(-c2cc(O)cc(O)c2)n1. The van der Waals surface area contributed by atoms with Crippen LogP contribution < -0.4 is 4.90 Å². The van der Waals surface area contributed by atoms with E-state index in [1.807, 2.05) is 18.9 Å². The van der Waals surface area contributed by atoms with Crippen molar-refractivity contribution in [3.63, 3.8) is 0 Å². The van der Waals surface area contributed by atoms with Crippen LogP contribution in [0.15, 0.2) is 22.7 Å². The Kier molecular flexibility index (Phi) is 2.86. The average Bonchev–Trinajstić information content (AvgIpc) is 2.76. The molecular weight excluding hydrogens is 222 g/mol. The van der Waals surface area contributed by atoms with Gasteiger partial charge < -0.3 is 19.6 Å². The fraction of sp³-hybridized carbons (Fsp3) is 0.273. The highest BCUT2D eigenvalue weighted by Gasteiger charge is 2.12. The van der Waals surface area contributed by atoms with Gasteiger partial charge in [0, 0.05) is 25.2 Å². The molecule has 17 heavy (non-hydrogen) atoms. The number of aromatic hydroxyl groups is 2. The quantitative estimate of drug-likeness (QED) is 0.840. The van der Waals surface area contributed by atoms with E-state index < -0.39 is 0 Å². The number of benzene rings is 1. The van der Waals surface area contributed by atoms with Crippen LogP contribution in [-0.2, 0) is 0 Å². The van der Waals surface area contributed by atoms with Crippen LogP contribution in [-0.4, -0.2) is 33.9 Å². The second kappa shape index (κ2) is 4.32. The molecule has 0 bridgehead atoms. The molecular formula is C11H13N3O3. The lowest BCUT2D eigenvalue weighted by Gasteiger charge is -2.08. The zero-order chi connectivity index (χ0) is 12.4. The number of phenolic OH excluding ortho intramolecular Hbond substituents is 2. The molecule has 0 fully saturated rings. The molecule has 0 atom stereocenters. The summed E-state index contributed by atoms with van der Waals surface area (Å²) in [7, 11) is 1.84. The van der Waals surface area contributed by atoms with Gasteiger partial charge in [-0.1, -0.05) is 0 Å². The zero-order valence-corrected chi connectivity index (χ0v) is 9.58. The van der Waals surface area contributed by atoms with E-state index in [4.69, 9.17) is 4.52 Å². The van der Waals surface area contributed by atoms with E-state index >= 15 is 0 Å². The molecule has 0 amide bonds. The number of anilines is 1. The molecule has 0 saturated heterocycles. The molecule has 0 spiro atoms. The van der Waals surface area contributed by atoms with Gasteiger partial charge in [-0.2, -0.15) is 4.98 Å². The molecule has 0 unspecified atom stereocenters. The van der Waals surface area contributed by atoms with Crippen molar-refractivity contribution in [3.8, 4) is 23.0 Å². The highest BCUT2D eigenvalue weighted by atomic mass is 16.5. The van der Waals surface area contributed by atoms with Crippen LogP contribution in [0.4, 0.5) is 5.95 Å². The average molecular weight is 235 g/mol. The summed E-state index contributed by atoms with van der Waals surface area (Å²) >= 11 is 0. The minimum absolute atomic E-state index is 0.0522. The van der Waals surface area contributed by atoms with Crippen molar-refractivity contribution in [1.29, 1.82) is 0 Å². The van der Waals surface area contributed by atoms with Crippen LogP contribution in [0.2, 0.25) is 0 Å². The smallest absolute Gasteiger partial charge is 0.266 e. The highest BCUT2D eigenvalue weighted by molar-refractivity contribution is 5.59. The summed E-state index contributed by atoms with van der Waals surface area (Å²) in [5.74, 6) is 0.615. The lowest BCUT2D eigenvalue weighted by molar-refractivity contribution is 0.427. The van der Waals surface area contributed by atoms with E-state index in [-0.39, 0.29) is 17.4 Å². The summed E-state index contributed by atoms with van der Waals surface area (Å²) in [4.78, 5) is 5.97. The fourth-order valence-corrected chi connectivity index (χ4v) is 1.35. The summed E-state index contributed by atoms with van der Waals surface area (Å²) < 4.78 is 5.06. The number of nitrogens with zero attached hydrogens (tertiary/aromatic N) is 3. The molecule has 1 heterocycles. The third-order valence-corrected chi connectivity index (χ3v) is 2.38. The van der Waals surface area contributed by atoms with E-state index in [1.165, 1.54) is 18.2 Å². The molecule has 1 aromatic heterocycles. The topological polar surface area (TPSA) is 82.6 Å². The van der Waals surface area contributed by atoms with Gasteiger partial charge in [0.25, 0.3) is 11.8 Å². The van der Waals surface area contributed by atoms with Crippen LogP contribution in [0.1, 0.15) is 6.92 Å². The Morgan fingerprint density at radius 1 is 1.24 bits per heavy atom. The van der Waals surface area contributed by atoms with Crippen LogP contribution in [0, 0.1) is 0 Å². The second-order valence-corrected chi connectivity index (χ2v) is 3.65. The Hall–Kier alpha value is -2.24. The Balaban J connectivity index is 2.36. The van der Waals surface area contributed by atoms with Crippen LogP contribution in [0.25, 0.3) is 11.5 Å². The van der Waals surface area contributed by atoms with E-state index in [1.54, 1.807) is 0 Å². The summed E-state index contributed by atoms with van der Waals surface area (Å²) in [5, 5.41) is 22.5. The summed E-state index contributed by atoms with van der Waals surface area (Å²) in [6, 6.07) is 4.13. The molecule has 6 heteroatoms. The van der Waals surface area contributed by atoms with Crippen molar-refractivity contribution in [3.05, 3.63) is 18.2 Å².